The number of rotatable bonds is 3. The second-order valence-corrected chi connectivity index (χ2v) is 10.2. The van der Waals surface area contributed by atoms with Crippen molar-refractivity contribution in [2.75, 3.05) is 32.1 Å². The molecule has 3 aliphatic rings. The fraction of sp³-hybridized carbons (Fsp3) is 0.417. The molecule has 1 aromatic heterocycles. The molecule has 184 valence electrons. The van der Waals surface area contributed by atoms with Crippen molar-refractivity contribution >= 4 is 41.0 Å². The van der Waals surface area contributed by atoms with Crippen LogP contribution in [0.4, 0.5) is 15.3 Å². The predicted octanol–water partition coefficient (Wildman–Crippen LogP) is 2.66. The standard InChI is InChI=1S/C24H26N4O6S/c1-13-14(2)35-18-11-27(8-9-33-20(13)18)19(29)12-28-21(30)24(34-23(28)32)7-6-15-10-16(4-5-17(15)24)26-22(31)25-3/h4-5,10H,6-9,11-12H2,1-3H3,(H2,25,26,31)/t24-/m0/s1. The van der Waals surface area contributed by atoms with Gasteiger partial charge in [0.25, 0.3) is 5.91 Å². The lowest BCUT2D eigenvalue weighted by Crippen LogP contribution is -2.45. The van der Waals surface area contributed by atoms with Gasteiger partial charge in [-0.15, -0.1) is 11.3 Å². The van der Waals surface area contributed by atoms with E-state index in [0.29, 0.717) is 37.4 Å². The van der Waals surface area contributed by atoms with E-state index in [1.165, 1.54) is 7.05 Å². The number of ether oxygens (including phenoxy) is 2. The molecule has 35 heavy (non-hydrogen) atoms. The molecular formula is C24H26N4O6S. The minimum atomic E-state index is -1.44. The summed E-state index contributed by atoms with van der Waals surface area (Å²) < 4.78 is 11.5. The fourth-order valence-electron chi connectivity index (χ4n) is 4.85. The molecule has 0 saturated carbocycles. The quantitative estimate of drug-likeness (QED) is 0.672. The summed E-state index contributed by atoms with van der Waals surface area (Å²) in [5, 5.41) is 5.18. The van der Waals surface area contributed by atoms with E-state index >= 15 is 0 Å². The number of anilines is 1. The highest BCUT2D eigenvalue weighted by molar-refractivity contribution is 7.12. The molecule has 2 aliphatic heterocycles. The first-order valence-electron chi connectivity index (χ1n) is 11.4. The summed E-state index contributed by atoms with van der Waals surface area (Å²) in [7, 11) is 1.52. The molecule has 0 bridgehead atoms. The highest BCUT2D eigenvalue weighted by Gasteiger charge is 2.58. The third-order valence-corrected chi connectivity index (χ3v) is 8.00. The molecule has 5 amide bonds. The summed E-state index contributed by atoms with van der Waals surface area (Å²) in [4.78, 5) is 55.6. The maximum Gasteiger partial charge on any atom is 0.418 e. The number of carbonyl (C=O) groups is 4. The number of hydrogen-bond donors (Lipinski definition) is 2. The molecule has 1 atom stereocenters. The number of thiophene rings is 1. The normalized spacial score (nSPS) is 20.8. The van der Waals surface area contributed by atoms with Crippen LogP contribution in [0, 0.1) is 13.8 Å². The van der Waals surface area contributed by atoms with Crippen molar-refractivity contribution in [3.8, 4) is 5.75 Å². The van der Waals surface area contributed by atoms with E-state index in [2.05, 4.69) is 10.6 Å². The summed E-state index contributed by atoms with van der Waals surface area (Å²) in [6, 6.07) is 4.77. The third-order valence-electron chi connectivity index (χ3n) is 6.83. The average molecular weight is 499 g/mol. The first-order chi connectivity index (χ1) is 16.7. The second-order valence-electron chi connectivity index (χ2n) is 8.86. The van der Waals surface area contributed by atoms with Crippen LogP contribution in [-0.2, 0) is 32.9 Å². The van der Waals surface area contributed by atoms with Crippen LogP contribution < -0.4 is 15.4 Å². The number of amides is 5. The van der Waals surface area contributed by atoms with Gasteiger partial charge in [0.05, 0.1) is 18.0 Å². The number of nitrogens with zero attached hydrogens (tertiary/aromatic N) is 2. The largest absolute Gasteiger partial charge is 0.490 e. The topological polar surface area (TPSA) is 117 Å². The van der Waals surface area contributed by atoms with E-state index in [4.69, 9.17) is 9.47 Å². The van der Waals surface area contributed by atoms with Crippen LogP contribution in [-0.4, -0.2) is 60.5 Å². The first kappa shape index (κ1) is 23.2. The Kier molecular flexibility index (Phi) is 5.66. The Balaban J connectivity index is 1.33. The lowest BCUT2D eigenvalue weighted by atomic mass is 9.94. The average Bonchev–Trinajstić information content (AvgIpc) is 3.33. The van der Waals surface area contributed by atoms with Crippen LogP contribution in [0.3, 0.4) is 0 Å². The number of fused-ring (bicyclic) bond motifs is 3. The van der Waals surface area contributed by atoms with Gasteiger partial charge in [-0.1, -0.05) is 6.07 Å². The molecule has 3 heterocycles. The van der Waals surface area contributed by atoms with E-state index in [0.717, 1.165) is 31.5 Å². The molecule has 2 aromatic rings. The highest BCUT2D eigenvalue weighted by Crippen LogP contribution is 2.46. The zero-order valence-electron chi connectivity index (χ0n) is 19.7. The van der Waals surface area contributed by atoms with E-state index in [1.807, 2.05) is 13.8 Å². The molecule has 0 unspecified atom stereocenters. The Morgan fingerprint density at radius 3 is 2.80 bits per heavy atom. The van der Waals surface area contributed by atoms with Crippen molar-refractivity contribution in [1.29, 1.82) is 0 Å². The van der Waals surface area contributed by atoms with Gasteiger partial charge >= 0.3 is 12.1 Å². The van der Waals surface area contributed by atoms with Crippen molar-refractivity contribution in [3.05, 3.63) is 44.6 Å². The van der Waals surface area contributed by atoms with Gasteiger partial charge in [0.15, 0.2) is 0 Å². The molecule has 1 aromatic carbocycles. The SMILES string of the molecule is CNC(=O)Nc1ccc2c(c1)CC[C@]21OC(=O)N(CC(=O)N2CCOc3c(sc(C)c3C)C2)C1=O. The predicted molar refractivity (Wildman–Crippen MR) is 127 cm³/mol. The first-order valence-corrected chi connectivity index (χ1v) is 12.2. The minimum Gasteiger partial charge on any atom is -0.490 e. The lowest BCUT2D eigenvalue weighted by molar-refractivity contribution is -0.142. The smallest absolute Gasteiger partial charge is 0.418 e. The number of benzene rings is 1. The summed E-state index contributed by atoms with van der Waals surface area (Å²) >= 11 is 1.59. The minimum absolute atomic E-state index is 0.287. The van der Waals surface area contributed by atoms with Crippen molar-refractivity contribution in [1.82, 2.24) is 15.1 Å². The fourth-order valence-corrected chi connectivity index (χ4v) is 5.99. The number of hydrogen-bond acceptors (Lipinski definition) is 7. The highest BCUT2D eigenvalue weighted by atomic mass is 32.1. The Bertz CT molecular complexity index is 1260. The number of imide groups is 1. The third kappa shape index (κ3) is 3.79. The molecule has 1 aliphatic carbocycles. The van der Waals surface area contributed by atoms with Crippen molar-refractivity contribution < 1.29 is 28.7 Å². The molecule has 1 saturated heterocycles. The molecule has 11 heteroatoms. The molecule has 0 radical (unpaired) electrons. The van der Waals surface area contributed by atoms with Gasteiger partial charge in [-0.3, -0.25) is 9.59 Å². The Hall–Kier alpha value is -3.60. The van der Waals surface area contributed by atoms with E-state index in [9.17, 15) is 19.2 Å². The van der Waals surface area contributed by atoms with E-state index in [1.54, 1.807) is 34.4 Å². The Morgan fingerprint density at radius 2 is 2.03 bits per heavy atom. The second kappa shape index (κ2) is 8.56. The van der Waals surface area contributed by atoms with Gasteiger partial charge in [-0.25, -0.2) is 14.5 Å². The van der Waals surface area contributed by atoms with Crippen LogP contribution in [0.25, 0.3) is 0 Å². The van der Waals surface area contributed by atoms with Gasteiger partial charge < -0.3 is 25.0 Å². The zero-order chi connectivity index (χ0) is 24.9. The molecule has 10 nitrogen and oxygen atoms in total. The molecule has 5 rings (SSSR count). The van der Waals surface area contributed by atoms with Crippen LogP contribution in [0.15, 0.2) is 18.2 Å². The van der Waals surface area contributed by atoms with Crippen LogP contribution in [0.5, 0.6) is 5.75 Å². The lowest BCUT2D eigenvalue weighted by Gasteiger charge is -2.23. The number of aryl methyl sites for hydroxylation is 2. The van der Waals surface area contributed by atoms with Crippen molar-refractivity contribution in [2.24, 2.45) is 0 Å². The van der Waals surface area contributed by atoms with Gasteiger partial charge in [-0.2, -0.15) is 0 Å². The summed E-state index contributed by atoms with van der Waals surface area (Å²) in [6.07, 6.45) is -0.0309. The Morgan fingerprint density at radius 1 is 1.23 bits per heavy atom. The molecule has 1 spiro atoms. The summed E-state index contributed by atoms with van der Waals surface area (Å²) in [6.45, 7) is 4.71. The van der Waals surface area contributed by atoms with Crippen LogP contribution in [0.2, 0.25) is 0 Å². The monoisotopic (exact) mass is 498 g/mol. The maximum atomic E-state index is 13.5. The van der Waals surface area contributed by atoms with E-state index in [-0.39, 0.29) is 24.9 Å². The van der Waals surface area contributed by atoms with Gasteiger partial charge in [-0.05, 0) is 38.0 Å². The van der Waals surface area contributed by atoms with Crippen LogP contribution in [0.1, 0.15) is 32.9 Å². The van der Waals surface area contributed by atoms with Gasteiger partial charge in [0, 0.05) is 35.2 Å². The zero-order valence-corrected chi connectivity index (χ0v) is 20.5. The Labute approximate surface area is 206 Å². The van der Waals surface area contributed by atoms with Gasteiger partial charge in [0.1, 0.15) is 18.9 Å². The summed E-state index contributed by atoms with van der Waals surface area (Å²) in [5.41, 5.74) is 1.62. The van der Waals surface area contributed by atoms with Crippen LogP contribution >= 0.6 is 11.3 Å². The van der Waals surface area contributed by atoms with Crippen molar-refractivity contribution in [3.63, 3.8) is 0 Å². The number of carbonyl (C=O) groups excluding carboxylic acids is 4. The molecular weight excluding hydrogens is 472 g/mol. The van der Waals surface area contributed by atoms with Crippen molar-refractivity contribution in [2.45, 2.75) is 38.8 Å². The number of nitrogens with one attached hydrogen (secondary N) is 2. The molecule has 1 fully saturated rings. The summed E-state index contributed by atoms with van der Waals surface area (Å²) in [5.74, 6) is -0.0433. The molecule has 2 N–H and O–H groups in total. The number of urea groups is 1. The maximum absolute atomic E-state index is 13.5. The van der Waals surface area contributed by atoms with Gasteiger partial charge in [0.2, 0.25) is 11.5 Å². The van der Waals surface area contributed by atoms with E-state index < -0.39 is 17.6 Å².